The second-order valence-corrected chi connectivity index (χ2v) is 8.30. The van der Waals surface area contributed by atoms with E-state index >= 15 is 0 Å². The zero-order chi connectivity index (χ0) is 23.7. The predicted molar refractivity (Wildman–Crippen MR) is 101 cm³/mol. The van der Waals surface area contributed by atoms with E-state index in [1.54, 1.807) is 0 Å². The molecule has 34 heavy (non-hydrogen) atoms. The number of hydrogen-bond acceptors (Lipinski definition) is 11. The van der Waals surface area contributed by atoms with E-state index in [1.807, 2.05) is 0 Å². The number of nitrogens with zero attached hydrogens (tertiary/aromatic N) is 2. The smallest absolute Gasteiger partial charge is 0.860 e. The molecule has 0 aliphatic carbocycles. The molecule has 168 valence electrons. The van der Waals surface area contributed by atoms with Gasteiger partial charge >= 0.3 is 88.7 Å². The Morgan fingerprint density at radius 2 is 1.59 bits per heavy atom. The first-order chi connectivity index (χ1) is 14.3. The summed E-state index contributed by atoms with van der Waals surface area (Å²) in [6, 6.07) is 0. The Hall–Kier alpha value is 0.250. The Morgan fingerprint density at radius 1 is 1.03 bits per heavy atom. The van der Waals surface area contributed by atoms with Gasteiger partial charge in [0.05, 0.1) is 12.0 Å². The average molecular weight is 540 g/mol. The van der Waals surface area contributed by atoms with E-state index in [1.165, 1.54) is 26.1 Å². The quantitative estimate of drug-likeness (QED) is 0.0636. The predicted octanol–water partition coefficient (Wildman–Crippen LogP) is -10.2. The van der Waals surface area contributed by atoms with Crippen molar-refractivity contribution in [1.82, 2.24) is 9.47 Å². The summed E-state index contributed by atoms with van der Waals surface area (Å²) >= 11 is 0.313. The number of hydrogen-bond donors (Lipinski definition) is 0. The van der Waals surface area contributed by atoms with Crippen molar-refractivity contribution in [1.29, 1.82) is 0 Å². The van der Waals surface area contributed by atoms with Gasteiger partial charge in [-0.25, -0.2) is 8.42 Å². The van der Waals surface area contributed by atoms with Crippen LogP contribution in [-0.2, 0) is 36.1 Å². The van der Waals surface area contributed by atoms with Gasteiger partial charge in [-0.1, -0.05) is 12.2 Å². The third-order valence-corrected chi connectivity index (χ3v) is 6.23. The van der Waals surface area contributed by atoms with Gasteiger partial charge < -0.3 is 19.5 Å². The van der Waals surface area contributed by atoms with Crippen molar-refractivity contribution in [2.24, 2.45) is 7.05 Å². The van der Waals surface area contributed by atoms with Crippen LogP contribution in [0.5, 0.6) is 5.88 Å². The number of carbonyl (C=O) groups excluding carboxylic acids is 2. The molecule has 0 spiro atoms. The Morgan fingerprint density at radius 3 is 2.09 bits per heavy atom. The van der Waals surface area contributed by atoms with E-state index < -0.39 is 38.3 Å². The molecule has 1 aromatic rings. The normalized spacial score (nSPS) is 15.4. The summed E-state index contributed by atoms with van der Waals surface area (Å²) in [5, 5.41) is 25.6. The molecule has 2 rings (SSSR count). The van der Waals surface area contributed by atoms with Crippen LogP contribution < -0.4 is 105 Å². The molecule has 0 saturated carbocycles. The Labute approximate surface area is 265 Å². The van der Waals surface area contributed by atoms with Gasteiger partial charge in [-0.3, -0.25) is 24.3 Å². The average Bonchev–Trinajstić information content (AvgIpc) is 2.68. The fourth-order valence-corrected chi connectivity index (χ4v) is 4.19. The number of rotatable bonds is 6. The van der Waals surface area contributed by atoms with Gasteiger partial charge in [0.2, 0.25) is 0 Å². The first-order valence-corrected chi connectivity index (χ1v) is 10.4. The molecule has 2 heterocycles. The van der Waals surface area contributed by atoms with Crippen molar-refractivity contribution in [3.63, 3.8) is 0 Å². The fourth-order valence-electron chi connectivity index (χ4n) is 2.81. The summed E-state index contributed by atoms with van der Waals surface area (Å²) in [5.74, 6) is -2.27. The molecule has 0 radical (unpaired) electrons. The van der Waals surface area contributed by atoms with Gasteiger partial charge in [-0.2, -0.15) is 4.33 Å². The summed E-state index contributed by atoms with van der Waals surface area (Å²) in [4.78, 5) is 36.2. The van der Waals surface area contributed by atoms with Crippen molar-refractivity contribution in [3.8, 4) is 5.88 Å². The van der Waals surface area contributed by atoms with Crippen LogP contribution >= 0.6 is 12.0 Å². The molecule has 2 amide bonds. The summed E-state index contributed by atoms with van der Waals surface area (Å²) in [6.07, 6.45) is 3.57. The van der Waals surface area contributed by atoms with Gasteiger partial charge in [0.1, 0.15) is 19.9 Å². The first-order valence-electron chi connectivity index (χ1n) is 8.26. The molecule has 0 unspecified atom stereocenters. The molecule has 0 atom stereocenters. The van der Waals surface area contributed by atoms with E-state index in [9.17, 15) is 37.7 Å². The van der Waals surface area contributed by atoms with Crippen LogP contribution in [0, 0.1) is 6.92 Å². The summed E-state index contributed by atoms with van der Waals surface area (Å²) in [5.41, 5.74) is -1.66. The zero-order valence-electron chi connectivity index (χ0n) is 19.5. The molecule has 0 bridgehead atoms. The van der Waals surface area contributed by atoms with Crippen LogP contribution in [-0.4, -0.2) is 41.3 Å². The van der Waals surface area contributed by atoms with E-state index in [2.05, 4.69) is 9.37 Å². The maximum atomic E-state index is 12.4. The number of allylic oxidation sites excluding steroid dienone is 2. The van der Waals surface area contributed by atoms with Crippen LogP contribution in [0.4, 0.5) is 0 Å². The second-order valence-electron chi connectivity index (χ2n) is 6.27. The van der Waals surface area contributed by atoms with Gasteiger partial charge in [-0.05, 0) is 42.5 Å². The molecule has 0 fully saturated rings. The standard InChI is InChI=1S/C17H18N2O10S2.3Na/c1-8-10(14(20)18(3)16(22)12(8)30-29-28-24)6-5-7-11-9(2)13(31(25,26)27)17(23)19(4)15(11)21;;;/h5-7,21,24H,1-4H3,(H,25,26,27);;;/q;3*+1/p-3/b7-5?,10-6-;;;. The largest absolute Gasteiger partial charge is 1.00 e. The van der Waals surface area contributed by atoms with E-state index in [0.717, 1.165) is 24.9 Å². The SMILES string of the molecule is CC1=C(SOO[O-])C(=O)N(C)C(=O)/C1=C\C=Cc1c(C)c(S(=O)(=O)[O-])c(=O)n(C)c1[O-].[Na+].[Na+].[Na+]. The fraction of sp³-hybridized carbons (Fsp3) is 0.235. The number of imide groups is 1. The van der Waals surface area contributed by atoms with Crippen LogP contribution in [0.2, 0.25) is 0 Å². The molecule has 12 nitrogen and oxygen atoms in total. The molecule has 1 aliphatic rings. The number of likely N-dealkylation sites (N-methyl/N-ethyl adjacent to an activating group) is 1. The minimum Gasteiger partial charge on any atom is -0.860 e. The van der Waals surface area contributed by atoms with Crippen molar-refractivity contribution in [2.75, 3.05) is 7.05 Å². The van der Waals surface area contributed by atoms with Crippen LogP contribution in [0.15, 0.2) is 37.9 Å². The third kappa shape index (κ3) is 7.63. The first kappa shape index (κ1) is 36.4. The third-order valence-electron chi connectivity index (χ3n) is 4.48. The van der Waals surface area contributed by atoms with E-state index in [-0.39, 0.29) is 116 Å². The summed E-state index contributed by atoms with van der Waals surface area (Å²) in [7, 11) is -2.93. The maximum absolute atomic E-state index is 12.4. The number of pyridine rings is 1. The monoisotopic (exact) mass is 540 g/mol. The van der Waals surface area contributed by atoms with Crippen LogP contribution in [0.25, 0.3) is 6.08 Å². The van der Waals surface area contributed by atoms with Gasteiger partial charge in [-0.15, -0.1) is 0 Å². The molecule has 0 aromatic carbocycles. The summed E-state index contributed by atoms with van der Waals surface area (Å²) in [6.45, 7) is 2.55. The van der Waals surface area contributed by atoms with Crippen molar-refractivity contribution in [2.45, 2.75) is 18.7 Å². The van der Waals surface area contributed by atoms with Crippen LogP contribution in [0.1, 0.15) is 18.1 Å². The molecule has 0 saturated heterocycles. The second kappa shape index (κ2) is 14.9. The number of aromatic nitrogens is 1. The van der Waals surface area contributed by atoms with Gasteiger partial charge in [0.15, 0.2) is 0 Å². The minimum absolute atomic E-state index is 0. The Bertz CT molecular complexity index is 1220. The van der Waals surface area contributed by atoms with E-state index in [0.29, 0.717) is 16.6 Å². The Balaban J connectivity index is 0. The minimum atomic E-state index is -5.15. The number of carbonyl (C=O) groups is 2. The molecular weight excluding hydrogens is 525 g/mol. The zero-order valence-corrected chi connectivity index (χ0v) is 27.2. The van der Waals surface area contributed by atoms with E-state index in [4.69, 9.17) is 0 Å². The van der Waals surface area contributed by atoms with Crippen molar-refractivity contribution >= 4 is 40.1 Å². The molecule has 1 aromatic heterocycles. The molecular formula is C17H15N2Na3O10S2. The van der Waals surface area contributed by atoms with Gasteiger partial charge in [0, 0.05) is 19.7 Å². The number of amides is 2. The van der Waals surface area contributed by atoms with Gasteiger partial charge in [0.25, 0.3) is 17.4 Å². The topological polar surface area (TPSA) is 181 Å². The Kier molecular flexibility index (Phi) is 15.9. The molecule has 17 heteroatoms. The molecule has 1 aliphatic heterocycles. The van der Waals surface area contributed by atoms with Crippen molar-refractivity contribution in [3.05, 3.63) is 49.7 Å². The maximum Gasteiger partial charge on any atom is 1.00 e. The molecule has 0 N–H and O–H groups in total. The summed E-state index contributed by atoms with van der Waals surface area (Å²) < 4.78 is 39.0. The van der Waals surface area contributed by atoms with Crippen molar-refractivity contribution < 1.29 is 131 Å². The van der Waals surface area contributed by atoms with Crippen LogP contribution in [0.3, 0.4) is 0 Å².